The first-order valence-corrected chi connectivity index (χ1v) is 8.36. The Morgan fingerprint density at radius 1 is 1.00 bits per heavy atom. The van der Waals surface area contributed by atoms with E-state index in [2.05, 4.69) is 17.1 Å². The first-order chi connectivity index (χ1) is 8.92. The molecule has 18 heavy (non-hydrogen) atoms. The molecule has 0 aliphatic carbocycles. The normalized spacial score (nSPS) is 28.2. The molecule has 2 aliphatic heterocycles. The molecule has 0 aromatic heterocycles. The molecule has 1 N–H and O–H groups in total. The highest BCUT2D eigenvalue weighted by molar-refractivity contribution is 4.84. The van der Waals surface area contributed by atoms with Crippen LogP contribution >= 0.6 is 0 Å². The Kier molecular flexibility index (Phi) is 6.50. The minimum atomic E-state index is 0.909. The summed E-state index contributed by atoms with van der Waals surface area (Å²) in [5, 5.41) is 3.52. The molecule has 1 atom stereocenters. The van der Waals surface area contributed by atoms with Crippen molar-refractivity contribution >= 4 is 0 Å². The van der Waals surface area contributed by atoms with Crippen LogP contribution in [0.4, 0.5) is 0 Å². The van der Waals surface area contributed by atoms with E-state index < -0.39 is 0 Å². The molecule has 106 valence electrons. The third kappa shape index (κ3) is 4.24. The van der Waals surface area contributed by atoms with Crippen LogP contribution in [0.3, 0.4) is 0 Å². The number of piperidine rings is 1. The summed E-state index contributed by atoms with van der Waals surface area (Å²) in [6.45, 7) is 7.56. The largest absolute Gasteiger partial charge is 0.317 e. The molecule has 0 amide bonds. The van der Waals surface area contributed by atoms with E-state index in [0.29, 0.717) is 0 Å². The second-order valence-corrected chi connectivity index (χ2v) is 6.25. The molecule has 2 saturated heterocycles. The topological polar surface area (TPSA) is 15.3 Å². The van der Waals surface area contributed by atoms with Gasteiger partial charge in [0.2, 0.25) is 0 Å². The fourth-order valence-corrected chi connectivity index (χ4v) is 3.80. The van der Waals surface area contributed by atoms with Gasteiger partial charge in [0.05, 0.1) is 0 Å². The number of hydrogen-bond donors (Lipinski definition) is 1. The predicted octanol–water partition coefficient (Wildman–Crippen LogP) is 3.42. The fourth-order valence-electron chi connectivity index (χ4n) is 3.80. The summed E-state index contributed by atoms with van der Waals surface area (Å²) in [6.07, 6.45) is 12.8. The number of hydrogen-bond acceptors (Lipinski definition) is 2. The first kappa shape index (κ1) is 14.3. The van der Waals surface area contributed by atoms with Gasteiger partial charge in [0.1, 0.15) is 0 Å². The van der Waals surface area contributed by atoms with Crippen molar-refractivity contribution in [2.75, 3.05) is 26.2 Å². The van der Waals surface area contributed by atoms with Gasteiger partial charge in [0.25, 0.3) is 0 Å². The van der Waals surface area contributed by atoms with E-state index in [-0.39, 0.29) is 0 Å². The van der Waals surface area contributed by atoms with Crippen LogP contribution < -0.4 is 5.32 Å². The highest BCUT2D eigenvalue weighted by Crippen LogP contribution is 2.28. The predicted molar refractivity (Wildman–Crippen MR) is 78.9 cm³/mol. The van der Waals surface area contributed by atoms with Gasteiger partial charge in [-0.05, 0) is 64.2 Å². The molecule has 0 radical (unpaired) electrons. The van der Waals surface area contributed by atoms with Crippen LogP contribution in [0.5, 0.6) is 0 Å². The van der Waals surface area contributed by atoms with Crippen LogP contribution in [-0.4, -0.2) is 37.1 Å². The van der Waals surface area contributed by atoms with E-state index in [1.807, 2.05) is 0 Å². The zero-order chi connectivity index (χ0) is 12.6. The standard InChI is InChI=1S/C16H32N2/c1-2-3-6-13-18-14-7-4-5-8-16(18)15-9-11-17-12-10-15/h15-17H,2-14H2,1H3. The van der Waals surface area contributed by atoms with Crippen molar-refractivity contribution in [1.82, 2.24) is 10.2 Å². The first-order valence-electron chi connectivity index (χ1n) is 8.36. The molecule has 2 aliphatic rings. The summed E-state index contributed by atoms with van der Waals surface area (Å²) in [7, 11) is 0. The number of nitrogens with one attached hydrogen (secondary N) is 1. The molecule has 0 saturated carbocycles. The summed E-state index contributed by atoms with van der Waals surface area (Å²) < 4.78 is 0. The van der Waals surface area contributed by atoms with Gasteiger partial charge in [0, 0.05) is 6.04 Å². The Balaban J connectivity index is 1.88. The molecule has 2 heteroatoms. The van der Waals surface area contributed by atoms with Crippen LogP contribution in [0.25, 0.3) is 0 Å². The smallest absolute Gasteiger partial charge is 0.0124 e. The average Bonchev–Trinajstić information content (AvgIpc) is 2.66. The monoisotopic (exact) mass is 252 g/mol. The van der Waals surface area contributed by atoms with Crippen molar-refractivity contribution in [3.63, 3.8) is 0 Å². The molecule has 2 fully saturated rings. The maximum atomic E-state index is 3.52. The number of rotatable bonds is 5. The summed E-state index contributed by atoms with van der Waals surface area (Å²) in [4.78, 5) is 2.86. The summed E-state index contributed by atoms with van der Waals surface area (Å²) in [5.74, 6) is 0.978. The van der Waals surface area contributed by atoms with E-state index >= 15 is 0 Å². The lowest BCUT2D eigenvalue weighted by molar-refractivity contribution is 0.120. The second kappa shape index (κ2) is 8.16. The average molecular weight is 252 g/mol. The Hall–Kier alpha value is -0.0800. The van der Waals surface area contributed by atoms with Gasteiger partial charge in [-0.15, -0.1) is 0 Å². The molecule has 0 bridgehead atoms. The molecule has 1 unspecified atom stereocenters. The molecule has 2 nitrogen and oxygen atoms in total. The van der Waals surface area contributed by atoms with Gasteiger partial charge in [-0.25, -0.2) is 0 Å². The highest BCUT2D eigenvalue weighted by atomic mass is 15.2. The van der Waals surface area contributed by atoms with E-state index in [1.54, 1.807) is 0 Å². The molecule has 0 aromatic carbocycles. The summed E-state index contributed by atoms with van der Waals surface area (Å²) >= 11 is 0. The lowest BCUT2D eigenvalue weighted by Gasteiger charge is -2.38. The van der Waals surface area contributed by atoms with Gasteiger partial charge in [0.15, 0.2) is 0 Å². The van der Waals surface area contributed by atoms with Crippen LogP contribution in [0.2, 0.25) is 0 Å². The maximum Gasteiger partial charge on any atom is 0.0124 e. The minimum Gasteiger partial charge on any atom is -0.317 e. The van der Waals surface area contributed by atoms with Crippen LogP contribution in [-0.2, 0) is 0 Å². The van der Waals surface area contributed by atoms with Gasteiger partial charge >= 0.3 is 0 Å². The zero-order valence-corrected chi connectivity index (χ0v) is 12.3. The molecule has 2 rings (SSSR count). The fraction of sp³-hybridized carbons (Fsp3) is 1.00. The van der Waals surface area contributed by atoms with Crippen LogP contribution in [0.15, 0.2) is 0 Å². The van der Waals surface area contributed by atoms with E-state index in [1.165, 1.54) is 84.0 Å². The van der Waals surface area contributed by atoms with Gasteiger partial charge in [-0.2, -0.15) is 0 Å². The lowest BCUT2D eigenvalue weighted by Crippen LogP contribution is -2.44. The molecular weight excluding hydrogens is 220 g/mol. The Labute approximate surface area is 114 Å². The lowest BCUT2D eigenvalue weighted by atomic mass is 9.86. The van der Waals surface area contributed by atoms with Crippen molar-refractivity contribution in [2.45, 2.75) is 70.8 Å². The van der Waals surface area contributed by atoms with E-state index in [9.17, 15) is 0 Å². The molecule has 0 aromatic rings. The summed E-state index contributed by atoms with van der Waals surface area (Å²) in [6, 6.07) is 0.909. The third-order valence-corrected chi connectivity index (χ3v) is 4.89. The van der Waals surface area contributed by atoms with Crippen molar-refractivity contribution in [3.8, 4) is 0 Å². The van der Waals surface area contributed by atoms with Crippen LogP contribution in [0.1, 0.15) is 64.7 Å². The van der Waals surface area contributed by atoms with Gasteiger partial charge < -0.3 is 10.2 Å². The van der Waals surface area contributed by atoms with Crippen molar-refractivity contribution in [2.24, 2.45) is 5.92 Å². The van der Waals surface area contributed by atoms with Crippen molar-refractivity contribution < 1.29 is 0 Å². The maximum absolute atomic E-state index is 3.52. The van der Waals surface area contributed by atoms with E-state index in [4.69, 9.17) is 0 Å². The Morgan fingerprint density at radius 2 is 1.83 bits per heavy atom. The second-order valence-electron chi connectivity index (χ2n) is 6.25. The highest BCUT2D eigenvalue weighted by Gasteiger charge is 2.29. The third-order valence-electron chi connectivity index (χ3n) is 4.89. The molecule has 0 spiro atoms. The Bertz CT molecular complexity index is 211. The molecular formula is C16H32N2. The van der Waals surface area contributed by atoms with Gasteiger partial charge in [-0.3, -0.25) is 0 Å². The zero-order valence-electron chi connectivity index (χ0n) is 12.3. The van der Waals surface area contributed by atoms with Crippen molar-refractivity contribution in [3.05, 3.63) is 0 Å². The summed E-state index contributed by atoms with van der Waals surface area (Å²) in [5.41, 5.74) is 0. The van der Waals surface area contributed by atoms with Gasteiger partial charge in [-0.1, -0.05) is 32.6 Å². The Morgan fingerprint density at radius 3 is 2.61 bits per heavy atom. The molecule has 2 heterocycles. The quantitative estimate of drug-likeness (QED) is 0.754. The number of nitrogens with zero attached hydrogens (tertiary/aromatic N) is 1. The van der Waals surface area contributed by atoms with E-state index in [0.717, 1.165) is 12.0 Å². The number of unbranched alkanes of at least 4 members (excludes halogenated alkanes) is 2. The minimum absolute atomic E-state index is 0.909. The van der Waals surface area contributed by atoms with Crippen molar-refractivity contribution in [1.29, 1.82) is 0 Å². The van der Waals surface area contributed by atoms with Crippen LogP contribution in [0, 0.1) is 5.92 Å². The number of likely N-dealkylation sites (tertiary alicyclic amines) is 1. The SMILES string of the molecule is CCCCCN1CCCCCC1C1CCNCC1.